The standard InChI is InChI=1S/C30H31F3N6O3/c31-30(32,33)21-10-11-26(36-16-21)38-29(41)28(35-13-14-39-17-23-15-22(39)18-42-23)20-8-5-19(6-9-20)7-12-27(40)37-25-4-2-1-3-24(25)34/h1-12,16,22-23,28,35H,13-15,17-18,34H2,(H,37,40)(H,36,38,41)/t22?,23?,28-/m0/s1. The number of benzene rings is 2. The van der Waals surface area contributed by atoms with E-state index in [1.807, 2.05) is 0 Å². The van der Waals surface area contributed by atoms with Crippen LogP contribution in [0.1, 0.15) is 29.2 Å². The molecule has 3 atom stereocenters. The molecule has 220 valence electrons. The Labute approximate surface area is 240 Å². The number of amides is 2. The Bertz CT molecular complexity index is 1430. The highest BCUT2D eigenvalue weighted by molar-refractivity contribution is 6.03. The van der Waals surface area contributed by atoms with Crippen LogP contribution in [0.5, 0.6) is 0 Å². The molecule has 2 fully saturated rings. The van der Waals surface area contributed by atoms with Crippen LogP contribution in [0.2, 0.25) is 0 Å². The number of ether oxygens (including phenoxy) is 1. The van der Waals surface area contributed by atoms with E-state index in [0.717, 1.165) is 30.7 Å². The molecule has 12 heteroatoms. The third-order valence-corrected chi connectivity index (χ3v) is 7.28. The maximum atomic E-state index is 13.3. The maximum absolute atomic E-state index is 13.3. The number of alkyl halides is 3. The lowest BCUT2D eigenvalue weighted by Gasteiger charge is -2.27. The summed E-state index contributed by atoms with van der Waals surface area (Å²) in [4.78, 5) is 31.7. The van der Waals surface area contributed by atoms with Gasteiger partial charge in [-0.15, -0.1) is 0 Å². The summed E-state index contributed by atoms with van der Waals surface area (Å²) >= 11 is 0. The Kier molecular flexibility index (Phi) is 8.86. The van der Waals surface area contributed by atoms with E-state index in [4.69, 9.17) is 10.5 Å². The summed E-state index contributed by atoms with van der Waals surface area (Å²) in [6, 6.07) is 15.6. The molecule has 9 nitrogen and oxygen atoms in total. The fourth-order valence-electron chi connectivity index (χ4n) is 5.06. The van der Waals surface area contributed by atoms with Crippen LogP contribution in [0, 0.1) is 0 Å². The number of fused-ring (bicyclic) bond motifs is 2. The van der Waals surface area contributed by atoms with Gasteiger partial charge in [0.2, 0.25) is 11.8 Å². The van der Waals surface area contributed by atoms with E-state index in [0.29, 0.717) is 48.9 Å². The molecule has 5 rings (SSSR count). The van der Waals surface area contributed by atoms with Crippen molar-refractivity contribution in [3.05, 3.63) is 89.6 Å². The predicted molar refractivity (Wildman–Crippen MR) is 153 cm³/mol. The number of likely N-dealkylation sites (tertiary alicyclic amines) is 1. The number of nitrogens with zero attached hydrogens (tertiary/aromatic N) is 2. The highest BCUT2D eigenvalue weighted by Gasteiger charge is 2.38. The molecule has 1 aromatic heterocycles. The molecule has 5 N–H and O–H groups in total. The number of morpholine rings is 1. The van der Waals surface area contributed by atoms with E-state index in [9.17, 15) is 22.8 Å². The van der Waals surface area contributed by atoms with Gasteiger partial charge in [0.15, 0.2) is 0 Å². The Hall–Kier alpha value is -4.26. The molecule has 0 saturated carbocycles. The van der Waals surface area contributed by atoms with Gasteiger partial charge in [-0.2, -0.15) is 13.2 Å². The summed E-state index contributed by atoms with van der Waals surface area (Å²) < 4.78 is 44.4. The first-order valence-electron chi connectivity index (χ1n) is 13.5. The van der Waals surface area contributed by atoms with E-state index < -0.39 is 23.7 Å². The molecule has 0 aliphatic carbocycles. The highest BCUT2D eigenvalue weighted by atomic mass is 19.4. The molecule has 2 amide bonds. The Morgan fingerprint density at radius 2 is 1.88 bits per heavy atom. The fraction of sp³-hybridized carbons (Fsp3) is 0.300. The average molecular weight is 581 g/mol. The van der Waals surface area contributed by atoms with Crippen LogP contribution in [0.25, 0.3) is 6.08 Å². The molecular formula is C30H31F3N6O3. The summed E-state index contributed by atoms with van der Waals surface area (Å²) in [7, 11) is 0. The zero-order chi connectivity index (χ0) is 29.7. The van der Waals surface area contributed by atoms with Crippen molar-refractivity contribution in [3.63, 3.8) is 0 Å². The maximum Gasteiger partial charge on any atom is 0.417 e. The second-order valence-electron chi connectivity index (χ2n) is 10.2. The minimum atomic E-state index is -4.52. The monoisotopic (exact) mass is 580 g/mol. The van der Waals surface area contributed by atoms with Gasteiger partial charge >= 0.3 is 6.18 Å². The smallest absolute Gasteiger partial charge is 0.397 e. The lowest BCUT2D eigenvalue weighted by molar-refractivity contribution is -0.137. The van der Waals surface area contributed by atoms with Crippen LogP contribution in [0.15, 0.2) is 72.9 Å². The first-order valence-corrected chi connectivity index (χ1v) is 13.5. The summed E-state index contributed by atoms with van der Waals surface area (Å²) in [5, 5.41) is 8.62. The number of nitrogens with one attached hydrogen (secondary N) is 3. The number of para-hydroxylation sites is 2. The second-order valence-corrected chi connectivity index (χ2v) is 10.2. The minimum absolute atomic E-state index is 0.0124. The third kappa shape index (κ3) is 7.32. The number of rotatable bonds is 10. The van der Waals surface area contributed by atoms with Crippen molar-refractivity contribution in [1.29, 1.82) is 0 Å². The lowest BCUT2D eigenvalue weighted by atomic mass is 10.0. The molecule has 2 aliphatic heterocycles. The Morgan fingerprint density at radius 3 is 2.52 bits per heavy atom. The summed E-state index contributed by atoms with van der Waals surface area (Å²) in [5.74, 6) is -0.795. The van der Waals surface area contributed by atoms with Crippen LogP contribution in [0.4, 0.5) is 30.4 Å². The third-order valence-electron chi connectivity index (χ3n) is 7.28. The molecule has 0 spiro atoms. The van der Waals surface area contributed by atoms with Crippen LogP contribution in [-0.4, -0.2) is 60.1 Å². The van der Waals surface area contributed by atoms with Gasteiger partial charge in [0.05, 0.1) is 29.6 Å². The van der Waals surface area contributed by atoms with E-state index in [2.05, 4.69) is 25.8 Å². The topological polar surface area (TPSA) is 122 Å². The second kappa shape index (κ2) is 12.7. The van der Waals surface area contributed by atoms with Crippen LogP contribution < -0.4 is 21.7 Å². The minimum Gasteiger partial charge on any atom is -0.397 e. The molecule has 2 bridgehead atoms. The van der Waals surface area contributed by atoms with Crippen LogP contribution in [0.3, 0.4) is 0 Å². The lowest BCUT2D eigenvalue weighted by Crippen LogP contribution is -2.43. The van der Waals surface area contributed by atoms with Crippen molar-refractivity contribution in [3.8, 4) is 0 Å². The van der Waals surface area contributed by atoms with Crippen molar-refractivity contribution in [2.24, 2.45) is 0 Å². The van der Waals surface area contributed by atoms with Gasteiger partial charge in [-0.05, 0) is 47.9 Å². The van der Waals surface area contributed by atoms with Gasteiger partial charge in [-0.25, -0.2) is 4.98 Å². The number of halogens is 3. The fourth-order valence-corrected chi connectivity index (χ4v) is 5.06. The Morgan fingerprint density at radius 1 is 1.10 bits per heavy atom. The van der Waals surface area contributed by atoms with E-state index >= 15 is 0 Å². The van der Waals surface area contributed by atoms with Crippen molar-refractivity contribution < 1.29 is 27.5 Å². The van der Waals surface area contributed by atoms with E-state index in [1.165, 1.54) is 6.08 Å². The van der Waals surface area contributed by atoms with Crippen LogP contribution in [-0.2, 0) is 20.5 Å². The number of carbonyl (C=O) groups excluding carboxylic acids is 2. The molecule has 2 aliphatic rings. The highest BCUT2D eigenvalue weighted by Crippen LogP contribution is 2.29. The van der Waals surface area contributed by atoms with E-state index in [-0.39, 0.29) is 17.8 Å². The number of pyridine rings is 1. The van der Waals surface area contributed by atoms with Gasteiger partial charge in [-0.3, -0.25) is 14.5 Å². The average Bonchev–Trinajstić information content (AvgIpc) is 3.59. The Balaban J connectivity index is 1.25. The number of hydrogen-bond acceptors (Lipinski definition) is 7. The first kappa shape index (κ1) is 29.2. The molecule has 42 heavy (non-hydrogen) atoms. The normalized spacial score (nSPS) is 19.2. The van der Waals surface area contributed by atoms with Gasteiger partial charge < -0.3 is 26.4 Å². The number of nitrogen functional groups attached to an aromatic ring is 1. The summed E-state index contributed by atoms with van der Waals surface area (Å²) in [5.41, 5.74) is 7.31. The predicted octanol–water partition coefficient (Wildman–Crippen LogP) is 4.08. The van der Waals surface area contributed by atoms with Crippen molar-refractivity contribution in [2.45, 2.75) is 30.8 Å². The van der Waals surface area contributed by atoms with Crippen molar-refractivity contribution in [2.75, 3.05) is 42.6 Å². The van der Waals surface area contributed by atoms with E-state index in [1.54, 1.807) is 54.6 Å². The molecule has 2 aromatic carbocycles. The quantitative estimate of drug-likeness (QED) is 0.211. The zero-order valence-electron chi connectivity index (χ0n) is 22.6. The SMILES string of the molecule is Nc1ccccc1NC(=O)C=Cc1ccc([C@H](NCCN2CC3CC2CO3)C(=O)Nc2ccc(C(F)(F)F)cn2)cc1. The van der Waals surface area contributed by atoms with Gasteiger partial charge in [0, 0.05) is 37.9 Å². The number of carbonyl (C=O) groups is 2. The van der Waals surface area contributed by atoms with Crippen molar-refractivity contribution in [1.82, 2.24) is 15.2 Å². The summed E-state index contributed by atoms with van der Waals surface area (Å²) in [6.07, 6.45) is 0.449. The molecule has 2 saturated heterocycles. The number of aromatic nitrogens is 1. The number of nitrogens with two attached hydrogens (primary N) is 1. The summed E-state index contributed by atoms with van der Waals surface area (Å²) in [6.45, 7) is 2.78. The number of hydrogen-bond donors (Lipinski definition) is 4. The molecule has 2 unspecified atom stereocenters. The molecule has 3 aromatic rings. The zero-order valence-corrected chi connectivity index (χ0v) is 22.6. The largest absolute Gasteiger partial charge is 0.417 e. The van der Waals surface area contributed by atoms with Gasteiger partial charge in [0.1, 0.15) is 11.9 Å². The van der Waals surface area contributed by atoms with Gasteiger partial charge in [0.25, 0.3) is 0 Å². The molecular weight excluding hydrogens is 549 g/mol. The molecule has 0 radical (unpaired) electrons. The molecule has 3 heterocycles. The van der Waals surface area contributed by atoms with Gasteiger partial charge in [-0.1, -0.05) is 36.4 Å². The first-order chi connectivity index (χ1) is 20.2. The van der Waals surface area contributed by atoms with Crippen molar-refractivity contribution >= 4 is 35.1 Å². The number of anilines is 3. The van der Waals surface area contributed by atoms with Crippen LogP contribution >= 0.6 is 0 Å².